The van der Waals surface area contributed by atoms with Crippen LogP contribution in [0.3, 0.4) is 0 Å². The first-order chi connectivity index (χ1) is 11.8. The van der Waals surface area contributed by atoms with Crippen LogP contribution in [0.4, 0.5) is 0 Å². The summed E-state index contributed by atoms with van der Waals surface area (Å²) in [5, 5.41) is 59.3. The third kappa shape index (κ3) is 4.47. The Morgan fingerprint density at radius 1 is 0.840 bits per heavy atom. The summed E-state index contributed by atoms with van der Waals surface area (Å²) in [4.78, 5) is 0. The lowest BCUT2D eigenvalue weighted by Gasteiger charge is -2.44. The zero-order valence-corrected chi connectivity index (χ0v) is 13.6. The molecule has 0 amide bonds. The highest BCUT2D eigenvalue weighted by Gasteiger charge is 2.49. The van der Waals surface area contributed by atoms with E-state index in [0.29, 0.717) is 0 Å². The van der Waals surface area contributed by atoms with Crippen LogP contribution in [0.2, 0.25) is 0 Å². The van der Waals surface area contributed by atoms with Crippen molar-refractivity contribution >= 4 is 0 Å². The number of ether oxygens (including phenoxy) is 4. The van der Waals surface area contributed by atoms with E-state index in [0.717, 1.165) is 0 Å². The summed E-state index contributed by atoms with van der Waals surface area (Å²) in [5.74, 6) is 2.23. The van der Waals surface area contributed by atoms with Gasteiger partial charge in [0.1, 0.15) is 49.3 Å². The van der Waals surface area contributed by atoms with E-state index < -0.39 is 61.4 Å². The monoisotopic (exact) mass is 364 g/mol. The third-order valence-corrected chi connectivity index (χ3v) is 4.21. The van der Waals surface area contributed by atoms with Gasteiger partial charge >= 0.3 is 0 Å². The van der Waals surface area contributed by atoms with Gasteiger partial charge in [0.05, 0.1) is 12.7 Å². The largest absolute Gasteiger partial charge is 0.388 e. The predicted octanol–water partition coefficient (Wildman–Crippen LogP) is -3.71. The topological polar surface area (TPSA) is 158 Å². The molecule has 0 aromatic carbocycles. The average Bonchev–Trinajstić information content (AvgIpc) is 2.59. The van der Waals surface area contributed by atoms with Crippen LogP contribution in [-0.4, -0.2) is 105 Å². The van der Waals surface area contributed by atoms with E-state index in [1.807, 2.05) is 0 Å². The van der Waals surface area contributed by atoms with Gasteiger partial charge in [-0.1, -0.05) is 5.92 Å². The minimum absolute atomic E-state index is 0.0389. The summed E-state index contributed by atoms with van der Waals surface area (Å²) < 4.78 is 21.0. The molecule has 144 valence electrons. The number of terminal acetylenes is 1. The van der Waals surface area contributed by atoms with Crippen LogP contribution in [0, 0.1) is 12.3 Å². The zero-order chi connectivity index (χ0) is 18.7. The molecule has 0 spiro atoms. The molecule has 2 aliphatic heterocycles. The second-order valence-corrected chi connectivity index (χ2v) is 6.05. The smallest absolute Gasteiger partial charge is 0.189 e. The number of hydrogen-bond donors (Lipinski definition) is 6. The van der Waals surface area contributed by atoms with Crippen LogP contribution in [0.5, 0.6) is 0 Å². The normalized spacial score (nSPS) is 48.1. The van der Waals surface area contributed by atoms with E-state index >= 15 is 0 Å². The fraction of sp³-hybridized carbons (Fsp3) is 0.867. The van der Waals surface area contributed by atoms with Crippen molar-refractivity contribution in [3.8, 4) is 12.3 Å². The van der Waals surface area contributed by atoms with Crippen LogP contribution in [0.1, 0.15) is 6.92 Å². The van der Waals surface area contributed by atoms with Crippen molar-refractivity contribution in [3.05, 3.63) is 0 Å². The second kappa shape index (κ2) is 8.70. The minimum Gasteiger partial charge on any atom is -0.388 e. The molecule has 0 aromatic heterocycles. The van der Waals surface area contributed by atoms with Gasteiger partial charge in [-0.3, -0.25) is 0 Å². The summed E-state index contributed by atoms with van der Waals surface area (Å²) in [5.41, 5.74) is 0. The Morgan fingerprint density at radius 2 is 1.40 bits per heavy atom. The van der Waals surface area contributed by atoms with Crippen molar-refractivity contribution in [3.63, 3.8) is 0 Å². The van der Waals surface area contributed by atoms with Crippen LogP contribution in [0.25, 0.3) is 0 Å². The minimum atomic E-state index is -1.64. The first kappa shape index (κ1) is 20.5. The Hall–Kier alpha value is -0.840. The molecule has 2 rings (SSSR count). The molecular formula is C15H24O10. The summed E-state index contributed by atoms with van der Waals surface area (Å²) in [6, 6.07) is 0. The molecule has 6 N–H and O–H groups in total. The molecule has 10 unspecified atom stereocenters. The zero-order valence-electron chi connectivity index (χ0n) is 13.6. The maximum Gasteiger partial charge on any atom is 0.189 e. The van der Waals surface area contributed by atoms with Gasteiger partial charge in [-0.05, 0) is 6.92 Å². The molecule has 10 atom stereocenters. The van der Waals surface area contributed by atoms with Crippen molar-refractivity contribution in [2.45, 2.75) is 68.3 Å². The lowest BCUT2D eigenvalue weighted by Crippen LogP contribution is -2.63. The van der Waals surface area contributed by atoms with E-state index in [2.05, 4.69) is 5.92 Å². The SMILES string of the molecule is C#CCOCC1OC(OC2OC(C)C(O)C(O)C2O)C(O)C(O)C1O. The highest BCUT2D eigenvalue weighted by molar-refractivity contribution is 4.92. The van der Waals surface area contributed by atoms with Gasteiger partial charge in [0.25, 0.3) is 0 Å². The molecular weight excluding hydrogens is 340 g/mol. The maximum atomic E-state index is 10.0. The molecule has 0 aliphatic carbocycles. The van der Waals surface area contributed by atoms with Crippen molar-refractivity contribution in [1.29, 1.82) is 0 Å². The quantitative estimate of drug-likeness (QED) is 0.212. The van der Waals surface area contributed by atoms with Crippen LogP contribution >= 0.6 is 0 Å². The van der Waals surface area contributed by atoms with Crippen molar-refractivity contribution in [1.82, 2.24) is 0 Å². The molecule has 2 saturated heterocycles. The van der Waals surface area contributed by atoms with Gasteiger partial charge in [0.2, 0.25) is 0 Å². The second-order valence-electron chi connectivity index (χ2n) is 6.05. The Labute approximate surface area is 144 Å². The molecule has 10 nitrogen and oxygen atoms in total. The Morgan fingerprint density at radius 3 is 2.00 bits per heavy atom. The summed E-state index contributed by atoms with van der Waals surface area (Å²) in [6.45, 7) is 1.26. The van der Waals surface area contributed by atoms with Crippen LogP contribution in [-0.2, 0) is 18.9 Å². The summed E-state index contributed by atoms with van der Waals surface area (Å²) in [7, 11) is 0. The van der Waals surface area contributed by atoms with Gasteiger partial charge in [-0.15, -0.1) is 6.42 Å². The lowest BCUT2D eigenvalue weighted by atomic mass is 9.98. The van der Waals surface area contributed by atoms with Gasteiger partial charge in [0, 0.05) is 0 Å². The Kier molecular flexibility index (Phi) is 7.12. The predicted molar refractivity (Wildman–Crippen MR) is 79.8 cm³/mol. The Bertz CT molecular complexity index is 468. The van der Waals surface area contributed by atoms with Crippen molar-refractivity contribution in [2.75, 3.05) is 13.2 Å². The van der Waals surface area contributed by atoms with Gasteiger partial charge in [-0.25, -0.2) is 0 Å². The Balaban J connectivity index is 2.02. The number of hydrogen-bond acceptors (Lipinski definition) is 10. The van der Waals surface area contributed by atoms with Crippen LogP contribution in [0.15, 0.2) is 0 Å². The van der Waals surface area contributed by atoms with Crippen molar-refractivity contribution in [2.24, 2.45) is 0 Å². The van der Waals surface area contributed by atoms with E-state index in [1.165, 1.54) is 6.92 Å². The van der Waals surface area contributed by atoms with E-state index in [9.17, 15) is 30.6 Å². The van der Waals surface area contributed by atoms with Gasteiger partial charge in [-0.2, -0.15) is 0 Å². The fourth-order valence-corrected chi connectivity index (χ4v) is 2.66. The molecule has 0 aromatic rings. The maximum absolute atomic E-state index is 10.0. The summed E-state index contributed by atoms with van der Waals surface area (Å²) >= 11 is 0. The van der Waals surface area contributed by atoms with Gasteiger partial charge in [0.15, 0.2) is 12.6 Å². The highest BCUT2D eigenvalue weighted by Crippen LogP contribution is 2.28. The van der Waals surface area contributed by atoms with Crippen molar-refractivity contribution < 1.29 is 49.6 Å². The van der Waals surface area contributed by atoms with E-state index in [4.69, 9.17) is 25.4 Å². The van der Waals surface area contributed by atoms with E-state index in [-0.39, 0.29) is 13.2 Å². The molecule has 0 saturated carbocycles. The summed E-state index contributed by atoms with van der Waals surface area (Å²) in [6.07, 6.45) is -8.91. The highest BCUT2D eigenvalue weighted by atomic mass is 16.8. The molecule has 0 bridgehead atoms. The number of aliphatic hydroxyl groups excluding tert-OH is 6. The third-order valence-electron chi connectivity index (χ3n) is 4.21. The number of rotatable bonds is 5. The van der Waals surface area contributed by atoms with Crippen LogP contribution < -0.4 is 0 Å². The number of aliphatic hydroxyl groups is 6. The van der Waals surface area contributed by atoms with Gasteiger partial charge < -0.3 is 49.6 Å². The molecule has 0 radical (unpaired) electrons. The first-order valence-corrected chi connectivity index (χ1v) is 7.84. The van der Waals surface area contributed by atoms with E-state index in [1.54, 1.807) is 0 Å². The standard InChI is InChI=1S/C15H24O10/c1-3-4-22-5-7-9(17)11(19)13(21)15(24-7)25-14-12(20)10(18)8(16)6(2)23-14/h1,6-21H,4-5H2,2H3. The average molecular weight is 364 g/mol. The lowest BCUT2D eigenvalue weighted by molar-refractivity contribution is -0.374. The molecule has 2 fully saturated rings. The molecule has 2 aliphatic rings. The molecule has 2 heterocycles. The molecule has 25 heavy (non-hydrogen) atoms. The fourth-order valence-electron chi connectivity index (χ4n) is 2.66. The first-order valence-electron chi connectivity index (χ1n) is 7.84. The molecule has 10 heteroatoms.